The van der Waals surface area contributed by atoms with Gasteiger partial charge in [-0.1, -0.05) is 174 Å². The molecule has 4 unspecified atom stereocenters. The average Bonchev–Trinajstić information content (AvgIpc) is 3.32. The van der Waals surface area contributed by atoms with Crippen LogP contribution >= 0.6 is 0 Å². The van der Waals surface area contributed by atoms with Gasteiger partial charge < -0.3 is 0 Å². The van der Waals surface area contributed by atoms with E-state index in [1.807, 2.05) is 13.8 Å². The highest BCUT2D eigenvalue weighted by Gasteiger charge is 2.59. The van der Waals surface area contributed by atoms with Crippen LogP contribution in [0.3, 0.4) is 0 Å². The zero-order valence-corrected chi connectivity index (χ0v) is 23.0. The fourth-order valence-electron chi connectivity index (χ4n) is 6.85. The van der Waals surface area contributed by atoms with Gasteiger partial charge >= 0.3 is 0 Å². The van der Waals surface area contributed by atoms with E-state index in [1.54, 1.807) is 5.57 Å². The summed E-state index contributed by atoms with van der Waals surface area (Å²) in [5.41, 5.74) is 4.98. The molecule has 39 heavy (non-hydrogen) atoms. The van der Waals surface area contributed by atoms with Gasteiger partial charge in [0, 0.05) is 0 Å². The van der Waals surface area contributed by atoms with Gasteiger partial charge in [-0.25, -0.2) is 0 Å². The molecule has 4 atom stereocenters. The monoisotopic (exact) mass is 559 g/mol. The Labute approximate surface area is 256 Å². The van der Waals surface area contributed by atoms with Crippen LogP contribution in [0, 0.1) is 37.9 Å². The molecule has 4 rings (SSSR count). The molecule has 0 aliphatic heterocycles. The van der Waals surface area contributed by atoms with E-state index in [0.29, 0.717) is 37.9 Å². The largest absolute Gasteiger partial charge is 0.0812 e. The molecule has 0 aromatic rings. The molecular weight excluding hydrogens is 468 g/mol. The number of allylic oxidation sites excluding steroid dienone is 4. The zero-order valence-electron chi connectivity index (χ0n) is 23.0. The Kier molecular flexibility index (Phi) is 26.0. The van der Waals surface area contributed by atoms with E-state index >= 15 is 0 Å². The molecule has 246 valence electrons. The predicted octanol–water partition coefficient (Wildman–Crippen LogP) is 15.7. The summed E-state index contributed by atoms with van der Waals surface area (Å²) in [7, 11) is 0. The number of hydrogen-bond donors (Lipinski definition) is 0. The van der Waals surface area contributed by atoms with Crippen LogP contribution in [-0.4, -0.2) is 0 Å². The third kappa shape index (κ3) is 9.50. The summed E-state index contributed by atoms with van der Waals surface area (Å²) < 4.78 is 0. The van der Waals surface area contributed by atoms with E-state index in [-0.39, 0.29) is 66.8 Å². The van der Waals surface area contributed by atoms with Crippen LogP contribution in [0.2, 0.25) is 0 Å². The second kappa shape index (κ2) is 17.4. The molecule has 0 aromatic carbocycles. The maximum Gasteiger partial charge on any atom is -0.00584 e. The van der Waals surface area contributed by atoms with E-state index < -0.39 is 0 Å². The van der Waals surface area contributed by atoms with Gasteiger partial charge in [0.15, 0.2) is 0 Å². The second-order valence-electron chi connectivity index (χ2n) is 14.3. The Morgan fingerprint density at radius 3 is 0.897 bits per heavy atom. The smallest absolute Gasteiger partial charge is 0.00584 e. The van der Waals surface area contributed by atoms with Gasteiger partial charge in [-0.15, -0.1) is 0 Å². The first-order valence-electron chi connectivity index (χ1n) is 12.8. The van der Waals surface area contributed by atoms with Gasteiger partial charge in [0.1, 0.15) is 0 Å². The van der Waals surface area contributed by atoms with Crippen molar-refractivity contribution in [3.8, 4) is 0 Å². The van der Waals surface area contributed by atoms with Crippen molar-refractivity contribution in [1.82, 2.24) is 0 Å². The summed E-state index contributed by atoms with van der Waals surface area (Å²) >= 11 is 0. The van der Waals surface area contributed by atoms with Crippen LogP contribution in [0.4, 0.5) is 0 Å². The molecule has 0 heterocycles. The third-order valence-electron chi connectivity index (χ3n) is 10.1. The molecule has 0 amide bonds. The molecule has 0 aromatic heterocycles. The molecule has 0 spiro atoms. The standard InChI is InChI=1S/C15H26.C13H22.C2H6.9CH4/c1-12(2,3)14-7-9-15(11-14,10-8-14)13(4,5)6;1-10-8-13(11(2,3)4)7-6-12(10,5)9-13;1-2;;;;;;;;;/h7,9H,8,10-11H2,1-6H3;8H,6-7,9H2,1-5H3;1-2H3;9*1H4. The summed E-state index contributed by atoms with van der Waals surface area (Å²) in [5, 5.41) is 0. The van der Waals surface area contributed by atoms with Crippen molar-refractivity contribution in [3.05, 3.63) is 23.8 Å². The van der Waals surface area contributed by atoms with Gasteiger partial charge in [0.05, 0.1) is 0 Å². The Morgan fingerprint density at radius 1 is 0.487 bits per heavy atom. The average molecular weight is 559 g/mol. The summed E-state index contributed by atoms with van der Waals surface area (Å²) in [6.07, 6.45) is 16.0. The lowest BCUT2D eigenvalue weighted by Crippen LogP contribution is -2.32. The third-order valence-corrected chi connectivity index (χ3v) is 10.1. The molecular formula is C39H90. The lowest BCUT2D eigenvalue weighted by Gasteiger charge is -2.40. The Bertz CT molecular complexity index is 655. The molecule has 4 bridgehead atoms. The predicted molar refractivity (Wildman–Crippen MR) is 196 cm³/mol. The minimum Gasteiger partial charge on any atom is -0.0812 e. The molecule has 0 heteroatoms. The molecule has 0 nitrogen and oxygen atoms in total. The maximum absolute atomic E-state index is 2.58. The highest BCUT2D eigenvalue weighted by Crippen LogP contribution is 2.69. The van der Waals surface area contributed by atoms with Crippen LogP contribution < -0.4 is 0 Å². The molecule has 0 N–H and O–H groups in total. The van der Waals surface area contributed by atoms with Crippen molar-refractivity contribution >= 4 is 0 Å². The van der Waals surface area contributed by atoms with Crippen molar-refractivity contribution in [2.45, 2.75) is 195 Å². The van der Waals surface area contributed by atoms with Crippen LogP contribution in [0.25, 0.3) is 0 Å². The summed E-state index contributed by atoms with van der Waals surface area (Å²) in [5.74, 6) is 0. The van der Waals surface area contributed by atoms with Crippen LogP contribution in [-0.2, 0) is 0 Å². The highest BCUT2D eigenvalue weighted by molar-refractivity contribution is 5.31. The molecule has 4 aliphatic carbocycles. The van der Waals surface area contributed by atoms with Gasteiger partial charge in [0.2, 0.25) is 0 Å². The van der Waals surface area contributed by atoms with Gasteiger partial charge in [0.25, 0.3) is 0 Å². The Morgan fingerprint density at radius 2 is 0.769 bits per heavy atom. The van der Waals surface area contributed by atoms with E-state index in [0.717, 1.165) is 0 Å². The minimum atomic E-state index is 0. The Hall–Kier alpha value is -0.520. The number of rotatable bonds is 0. The van der Waals surface area contributed by atoms with Crippen molar-refractivity contribution in [2.75, 3.05) is 0 Å². The maximum atomic E-state index is 2.58. The second-order valence-corrected chi connectivity index (χ2v) is 14.3. The molecule has 4 aliphatic rings. The molecule has 2 fully saturated rings. The van der Waals surface area contributed by atoms with E-state index in [4.69, 9.17) is 0 Å². The van der Waals surface area contributed by atoms with Crippen molar-refractivity contribution in [3.63, 3.8) is 0 Å². The van der Waals surface area contributed by atoms with Crippen LogP contribution in [0.5, 0.6) is 0 Å². The van der Waals surface area contributed by atoms with E-state index in [1.165, 1.54) is 38.5 Å². The molecule has 0 saturated heterocycles. The van der Waals surface area contributed by atoms with Crippen molar-refractivity contribution < 1.29 is 0 Å². The first-order valence-corrected chi connectivity index (χ1v) is 12.8. The first kappa shape index (κ1) is 58.2. The van der Waals surface area contributed by atoms with Gasteiger partial charge in [-0.3, -0.25) is 0 Å². The van der Waals surface area contributed by atoms with Crippen LogP contribution in [0.15, 0.2) is 23.8 Å². The number of hydrogen-bond acceptors (Lipinski definition) is 0. The SMILES string of the molecule is C.C.C.C.C.C.C.C.C.CC.CC(C)(C)C12C=CC(C(C)(C)C)(CC1)C2.CC1=CC2(C(C)(C)C)CCC1(C)C2. The lowest BCUT2D eigenvalue weighted by molar-refractivity contribution is 0.116. The summed E-state index contributed by atoms with van der Waals surface area (Å²) in [6, 6.07) is 0. The molecule has 2 saturated carbocycles. The minimum absolute atomic E-state index is 0. The summed E-state index contributed by atoms with van der Waals surface area (Å²) in [6.45, 7) is 30.4. The Balaban J connectivity index is -0.0000000637. The zero-order chi connectivity index (χ0) is 23.4. The van der Waals surface area contributed by atoms with E-state index in [2.05, 4.69) is 94.4 Å². The summed E-state index contributed by atoms with van der Waals surface area (Å²) in [4.78, 5) is 0. The lowest BCUT2D eigenvalue weighted by atomic mass is 9.64. The first-order chi connectivity index (χ1) is 13.4. The topological polar surface area (TPSA) is 0 Å². The van der Waals surface area contributed by atoms with Gasteiger partial charge in [-0.2, -0.15) is 0 Å². The van der Waals surface area contributed by atoms with Crippen molar-refractivity contribution in [1.29, 1.82) is 0 Å². The van der Waals surface area contributed by atoms with E-state index in [9.17, 15) is 0 Å². The number of fused-ring (bicyclic) bond motifs is 4. The molecule has 0 radical (unpaired) electrons. The van der Waals surface area contributed by atoms with Crippen LogP contribution in [0.1, 0.15) is 195 Å². The highest BCUT2D eigenvalue weighted by atomic mass is 14.6. The normalized spacial score (nSPS) is 30.2. The fourth-order valence-corrected chi connectivity index (χ4v) is 6.85. The van der Waals surface area contributed by atoms with Gasteiger partial charge in [-0.05, 0) is 83.4 Å². The van der Waals surface area contributed by atoms with Crippen molar-refractivity contribution in [2.24, 2.45) is 37.9 Å². The quantitative estimate of drug-likeness (QED) is 0.259. The fraction of sp³-hybridized carbons (Fsp3) is 0.897.